The lowest BCUT2D eigenvalue weighted by Gasteiger charge is -2.26. The van der Waals surface area contributed by atoms with Gasteiger partial charge in [0.05, 0.1) is 13.0 Å². The SMILES string of the molecule is Cc1cccc(OCCC(=O)N2CCCCC2)c1C. The van der Waals surface area contributed by atoms with Crippen molar-refractivity contribution in [1.82, 2.24) is 4.90 Å². The van der Waals surface area contributed by atoms with Crippen molar-refractivity contribution in [2.75, 3.05) is 19.7 Å². The van der Waals surface area contributed by atoms with Crippen LogP contribution in [0, 0.1) is 13.8 Å². The molecule has 0 atom stereocenters. The van der Waals surface area contributed by atoms with E-state index in [-0.39, 0.29) is 5.91 Å². The molecular formula is C16H23NO2. The van der Waals surface area contributed by atoms with Gasteiger partial charge in [0.15, 0.2) is 0 Å². The number of hydrogen-bond acceptors (Lipinski definition) is 2. The summed E-state index contributed by atoms with van der Waals surface area (Å²) in [6, 6.07) is 6.03. The molecule has 19 heavy (non-hydrogen) atoms. The van der Waals surface area contributed by atoms with Crippen LogP contribution >= 0.6 is 0 Å². The molecule has 0 radical (unpaired) electrons. The highest BCUT2D eigenvalue weighted by molar-refractivity contribution is 5.76. The monoisotopic (exact) mass is 261 g/mol. The van der Waals surface area contributed by atoms with Gasteiger partial charge in [-0.3, -0.25) is 4.79 Å². The molecule has 0 unspecified atom stereocenters. The van der Waals surface area contributed by atoms with Crippen molar-refractivity contribution in [3.05, 3.63) is 29.3 Å². The van der Waals surface area contributed by atoms with Gasteiger partial charge in [-0.25, -0.2) is 0 Å². The van der Waals surface area contributed by atoms with E-state index in [0.717, 1.165) is 37.2 Å². The fourth-order valence-electron chi connectivity index (χ4n) is 2.43. The van der Waals surface area contributed by atoms with E-state index >= 15 is 0 Å². The number of nitrogens with zero attached hydrogens (tertiary/aromatic N) is 1. The minimum atomic E-state index is 0.227. The number of piperidine rings is 1. The molecule has 0 aromatic heterocycles. The van der Waals surface area contributed by atoms with Crippen molar-refractivity contribution >= 4 is 5.91 Å². The van der Waals surface area contributed by atoms with Gasteiger partial charge in [-0.15, -0.1) is 0 Å². The Balaban J connectivity index is 1.79. The van der Waals surface area contributed by atoms with Crippen LogP contribution in [0.5, 0.6) is 5.75 Å². The summed E-state index contributed by atoms with van der Waals surface area (Å²) in [4.78, 5) is 14.0. The smallest absolute Gasteiger partial charge is 0.225 e. The molecule has 1 aromatic rings. The van der Waals surface area contributed by atoms with Crippen LogP contribution in [0.15, 0.2) is 18.2 Å². The molecule has 1 aliphatic rings. The second-order valence-corrected chi connectivity index (χ2v) is 5.24. The molecule has 0 aliphatic carbocycles. The summed E-state index contributed by atoms with van der Waals surface area (Å²) >= 11 is 0. The first-order valence-electron chi connectivity index (χ1n) is 7.15. The van der Waals surface area contributed by atoms with E-state index in [2.05, 4.69) is 19.9 Å². The van der Waals surface area contributed by atoms with Gasteiger partial charge in [-0.2, -0.15) is 0 Å². The third-order valence-corrected chi connectivity index (χ3v) is 3.84. The van der Waals surface area contributed by atoms with Crippen LogP contribution in [0.2, 0.25) is 0 Å². The first kappa shape index (κ1) is 13.9. The molecule has 0 N–H and O–H groups in total. The largest absolute Gasteiger partial charge is 0.493 e. The van der Waals surface area contributed by atoms with Crippen molar-refractivity contribution < 1.29 is 9.53 Å². The number of rotatable bonds is 4. The van der Waals surface area contributed by atoms with E-state index in [0.29, 0.717) is 13.0 Å². The van der Waals surface area contributed by atoms with Crippen molar-refractivity contribution in [2.45, 2.75) is 39.5 Å². The van der Waals surface area contributed by atoms with Crippen molar-refractivity contribution in [3.8, 4) is 5.75 Å². The van der Waals surface area contributed by atoms with Crippen LogP contribution in [0.4, 0.5) is 0 Å². The van der Waals surface area contributed by atoms with Gasteiger partial charge in [0, 0.05) is 13.1 Å². The molecule has 1 amide bonds. The lowest BCUT2D eigenvalue weighted by Crippen LogP contribution is -2.36. The molecule has 104 valence electrons. The maximum absolute atomic E-state index is 12.0. The number of aryl methyl sites for hydroxylation is 1. The Bertz CT molecular complexity index is 436. The molecule has 1 fully saturated rings. The first-order valence-corrected chi connectivity index (χ1v) is 7.15. The summed E-state index contributed by atoms with van der Waals surface area (Å²) in [6.07, 6.45) is 4.02. The van der Waals surface area contributed by atoms with E-state index < -0.39 is 0 Å². The van der Waals surface area contributed by atoms with E-state index in [1.807, 2.05) is 17.0 Å². The number of likely N-dealkylation sites (tertiary alicyclic amines) is 1. The molecule has 1 heterocycles. The number of amides is 1. The predicted octanol–water partition coefficient (Wildman–Crippen LogP) is 3.08. The third-order valence-electron chi connectivity index (χ3n) is 3.84. The van der Waals surface area contributed by atoms with Crippen LogP contribution in [0.1, 0.15) is 36.8 Å². The standard InChI is InChI=1S/C16H23NO2/c1-13-7-6-8-15(14(13)2)19-12-9-16(18)17-10-4-3-5-11-17/h6-8H,3-5,9-12H2,1-2H3. The van der Waals surface area contributed by atoms with Gasteiger partial charge < -0.3 is 9.64 Å². The quantitative estimate of drug-likeness (QED) is 0.833. The van der Waals surface area contributed by atoms with Crippen molar-refractivity contribution in [3.63, 3.8) is 0 Å². The number of carbonyl (C=O) groups is 1. The van der Waals surface area contributed by atoms with Crippen LogP contribution in [0.25, 0.3) is 0 Å². The van der Waals surface area contributed by atoms with Gasteiger partial charge in [0.2, 0.25) is 5.91 Å². The van der Waals surface area contributed by atoms with Gasteiger partial charge >= 0.3 is 0 Å². The van der Waals surface area contributed by atoms with Gasteiger partial charge in [-0.05, 0) is 50.3 Å². The van der Waals surface area contributed by atoms with E-state index in [1.54, 1.807) is 0 Å². The molecule has 1 saturated heterocycles. The summed E-state index contributed by atoms with van der Waals surface area (Å²) < 4.78 is 5.73. The molecule has 1 aliphatic heterocycles. The predicted molar refractivity (Wildman–Crippen MR) is 76.5 cm³/mol. The Morgan fingerprint density at radius 2 is 1.95 bits per heavy atom. The summed E-state index contributed by atoms with van der Waals surface area (Å²) in [5.74, 6) is 1.12. The van der Waals surface area contributed by atoms with E-state index in [1.165, 1.54) is 12.0 Å². The molecule has 0 bridgehead atoms. The van der Waals surface area contributed by atoms with Crippen LogP contribution in [0.3, 0.4) is 0 Å². The molecular weight excluding hydrogens is 238 g/mol. The maximum atomic E-state index is 12.0. The van der Waals surface area contributed by atoms with Gasteiger partial charge in [0.25, 0.3) is 0 Å². The molecule has 0 saturated carbocycles. The summed E-state index contributed by atoms with van der Waals surface area (Å²) in [7, 11) is 0. The fraction of sp³-hybridized carbons (Fsp3) is 0.562. The van der Waals surface area contributed by atoms with E-state index in [4.69, 9.17) is 4.74 Å². The second kappa shape index (κ2) is 6.60. The topological polar surface area (TPSA) is 29.5 Å². The highest BCUT2D eigenvalue weighted by atomic mass is 16.5. The molecule has 1 aromatic carbocycles. The lowest BCUT2D eigenvalue weighted by atomic mass is 10.1. The van der Waals surface area contributed by atoms with Crippen molar-refractivity contribution in [1.29, 1.82) is 0 Å². The zero-order valence-corrected chi connectivity index (χ0v) is 11.9. The Morgan fingerprint density at radius 3 is 2.68 bits per heavy atom. The van der Waals surface area contributed by atoms with Crippen LogP contribution in [-0.4, -0.2) is 30.5 Å². The zero-order valence-electron chi connectivity index (χ0n) is 11.9. The molecule has 0 spiro atoms. The Morgan fingerprint density at radius 1 is 1.21 bits per heavy atom. The Hall–Kier alpha value is -1.51. The average molecular weight is 261 g/mol. The van der Waals surface area contributed by atoms with Gasteiger partial charge in [-0.1, -0.05) is 12.1 Å². The summed E-state index contributed by atoms with van der Waals surface area (Å²) in [5, 5.41) is 0. The second-order valence-electron chi connectivity index (χ2n) is 5.24. The average Bonchev–Trinajstić information content (AvgIpc) is 2.44. The highest BCUT2D eigenvalue weighted by Gasteiger charge is 2.16. The van der Waals surface area contributed by atoms with Gasteiger partial charge in [0.1, 0.15) is 5.75 Å². The van der Waals surface area contributed by atoms with Crippen molar-refractivity contribution in [2.24, 2.45) is 0 Å². The third kappa shape index (κ3) is 3.72. The summed E-state index contributed by atoms with van der Waals surface area (Å²) in [5.41, 5.74) is 2.38. The Labute approximate surface area is 115 Å². The first-order chi connectivity index (χ1) is 9.18. The number of carbonyl (C=O) groups excluding carboxylic acids is 1. The Kier molecular flexibility index (Phi) is 4.83. The van der Waals surface area contributed by atoms with E-state index in [9.17, 15) is 4.79 Å². The number of ether oxygens (including phenoxy) is 1. The lowest BCUT2D eigenvalue weighted by molar-refractivity contribution is -0.132. The minimum absolute atomic E-state index is 0.227. The zero-order chi connectivity index (χ0) is 13.7. The molecule has 3 heteroatoms. The molecule has 3 nitrogen and oxygen atoms in total. The number of benzene rings is 1. The minimum Gasteiger partial charge on any atom is -0.493 e. The fourth-order valence-corrected chi connectivity index (χ4v) is 2.43. The highest BCUT2D eigenvalue weighted by Crippen LogP contribution is 2.20. The molecule has 2 rings (SSSR count). The normalized spacial score (nSPS) is 15.4. The maximum Gasteiger partial charge on any atom is 0.225 e. The van der Waals surface area contributed by atoms with Crippen LogP contribution in [-0.2, 0) is 4.79 Å². The van der Waals surface area contributed by atoms with Crippen LogP contribution < -0.4 is 4.74 Å². The summed E-state index contributed by atoms with van der Waals surface area (Å²) in [6.45, 7) is 6.43. The number of hydrogen-bond donors (Lipinski definition) is 0.